The van der Waals surface area contributed by atoms with E-state index in [0.717, 1.165) is 49.1 Å². The van der Waals surface area contributed by atoms with Crippen LogP contribution < -0.4 is 0 Å². The number of carbonyl (C=O) groups is 2. The van der Waals surface area contributed by atoms with Crippen molar-refractivity contribution < 1.29 is 9.59 Å². The van der Waals surface area contributed by atoms with Crippen molar-refractivity contribution in [2.75, 3.05) is 19.6 Å². The molecule has 0 saturated carbocycles. The number of imidazole rings is 1. The van der Waals surface area contributed by atoms with E-state index < -0.39 is 0 Å². The lowest BCUT2D eigenvalue weighted by Crippen LogP contribution is -2.49. The molecule has 2 amide bonds. The average Bonchev–Trinajstić information content (AvgIpc) is 3.28. The largest absolute Gasteiger partial charge is 0.342 e. The van der Waals surface area contributed by atoms with Crippen molar-refractivity contribution in [3.63, 3.8) is 0 Å². The number of amides is 2. The van der Waals surface area contributed by atoms with Crippen LogP contribution >= 0.6 is 0 Å². The standard InChI is InChI=1S/C19H24N4O2/c1-13(24)23-11-5-9-17(23)19(25)22-10-4-6-14(12-22)18-20-15-7-2-3-8-16(15)21-18/h2-3,7-8,14,17H,4-6,9-12H2,1H3,(H,20,21). The first kappa shape index (κ1) is 16.1. The van der Waals surface area contributed by atoms with Gasteiger partial charge in [0.25, 0.3) is 0 Å². The van der Waals surface area contributed by atoms with Gasteiger partial charge in [0, 0.05) is 32.5 Å². The Balaban J connectivity index is 1.50. The van der Waals surface area contributed by atoms with Gasteiger partial charge in [-0.3, -0.25) is 9.59 Å². The number of hydrogen-bond donors (Lipinski definition) is 1. The van der Waals surface area contributed by atoms with Crippen LogP contribution in [0.2, 0.25) is 0 Å². The Bertz CT molecular complexity index is 767. The van der Waals surface area contributed by atoms with Crippen LogP contribution in [0.4, 0.5) is 0 Å². The second kappa shape index (κ2) is 6.50. The van der Waals surface area contributed by atoms with Gasteiger partial charge in [-0.05, 0) is 37.8 Å². The van der Waals surface area contributed by atoms with E-state index in [-0.39, 0.29) is 23.8 Å². The molecule has 2 unspecified atom stereocenters. The topological polar surface area (TPSA) is 69.3 Å². The van der Waals surface area contributed by atoms with Gasteiger partial charge in [-0.25, -0.2) is 4.98 Å². The summed E-state index contributed by atoms with van der Waals surface area (Å²) in [7, 11) is 0. The highest BCUT2D eigenvalue weighted by Gasteiger charge is 2.37. The zero-order chi connectivity index (χ0) is 17.4. The van der Waals surface area contributed by atoms with E-state index in [9.17, 15) is 9.59 Å². The number of nitrogens with one attached hydrogen (secondary N) is 1. The maximum atomic E-state index is 13.0. The van der Waals surface area contributed by atoms with Crippen LogP contribution in [-0.2, 0) is 9.59 Å². The molecular weight excluding hydrogens is 316 g/mol. The summed E-state index contributed by atoms with van der Waals surface area (Å²) in [6, 6.07) is 7.75. The summed E-state index contributed by atoms with van der Waals surface area (Å²) in [5.74, 6) is 1.31. The normalized spacial score (nSPS) is 24.0. The van der Waals surface area contributed by atoms with Crippen molar-refractivity contribution in [1.29, 1.82) is 0 Å². The molecule has 1 N–H and O–H groups in total. The predicted molar refractivity (Wildman–Crippen MR) is 95.1 cm³/mol. The van der Waals surface area contributed by atoms with Gasteiger partial charge in [0.1, 0.15) is 11.9 Å². The molecule has 0 aliphatic carbocycles. The molecule has 2 aliphatic rings. The predicted octanol–water partition coefficient (Wildman–Crippen LogP) is 2.28. The van der Waals surface area contributed by atoms with Crippen LogP contribution in [-0.4, -0.2) is 57.3 Å². The van der Waals surface area contributed by atoms with Crippen LogP contribution in [0.1, 0.15) is 44.3 Å². The molecule has 2 aromatic rings. The van der Waals surface area contributed by atoms with E-state index in [1.165, 1.54) is 0 Å². The summed E-state index contributed by atoms with van der Waals surface area (Å²) >= 11 is 0. The minimum Gasteiger partial charge on any atom is -0.342 e. The van der Waals surface area contributed by atoms with Crippen molar-refractivity contribution in [3.8, 4) is 0 Å². The van der Waals surface area contributed by atoms with Gasteiger partial charge in [-0.2, -0.15) is 0 Å². The molecule has 2 aliphatic heterocycles. The number of aromatic nitrogens is 2. The summed E-state index contributed by atoms with van der Waals surface area (Å²) in [5.41, 5.74) is 2.01. The van der Waals surface area contributed by atoms with Crippen LogP contribution in [0.15, 0.2) is 24.3 Å². The molecule has 25 heavy (non-hydrogen) atoms. The van der Waals surface area contributed by atoms with E-state index in [1.54, 1.807) is 11.8 Å². The Kier molecular flexibility index (Phi) is 4.19. The first-order valence-corrected chi connectivity index (χ1v) is 9.14. The quantitative estimate of drug-likeness (QED) is 0.912. The minimum atomic E-state index is -0.271. The number of nitrogens with zero attached hydrogens (tertiary/aromatic N) is 3. The maximum absolute atomic E-state index is 13.0. The molecular formula is C19H24N4O2. The average molecular weight is 340 g/mol. The highest BCUT2D eigenvalue weighted by atomic mass is 16.2. The number of likely N-dealkylation sites (tertiary alicyclic amines) is 2. The zero-order valence-corrected chi connectivity index (χ0v) is 14.6. The second-order valence-corrected chi connectivity index (χ2v) is 7.13. The molecule has 3 heterocycles. The van der Waals surface area contributed by atoms with E-state index in [1.807, 2.05) is 29.2 Å². The Labute approximate surface area is 147 Å². The lowest BCUT2D eigenvalue weighted by Gasteiger charge is -2.35. The van der Waals surface area contributed by atoms with Crippen LogP contribution in [0.25, 0.3) is 11.0 Å². The van der Waals surface area contributed by atoms with Crippen molar-refractivity contribution in [2.45, 2.75) is 44.6 Å². The number of H-pyrrole nitrogens is 1. The van der Waals surface area contributed by atoms with Gasteiger partial charge in [-0.1, -0.05) is 12.1 Å². The Morgan fingerprint density at radius 2 is 1.96 bits per heavy atom. The highest BCUT2D eigenvalue weighted by molar-refractivity contribution is 5.87. The number of hydrogen-bond acceptors (Lipinski definition) is 3. The third-order valence-corrected chi connectivity index (χ3v) is 5.47. The Morgan fingerprint density at radius 1 is 1.16 bits per heavy atom. The molecule has 132 valence electrons. The van der Waals surface area contributed by atoms with Crippen molar-refractivity contribution in [1.82, 2.24) is 19.8 Å². The molecule has 1 aromatic carbocycles. The third kappa shape index (κ3) is 3.01. The number of carbonyl (C=O) groups excluding carboxylic acids is 2. The Hall–Kier alpha value is -2.37. The molecule has 6 heteroatoms. The Morgan fingerprint density at radius 3 is 2.76 bits per heavy atom. The van der Waals surface area contributed by atoms with Gasteiger partial charge in [0.2, 0.25) is 11.8 Å². The zero-order valence-electron chi connectivity index (χ0n) is 14.6. The molecule has 6 nitrogen and oxygen atoms in total. The molecule has 2 atom stereocenters. The van der Waals surface area contributed by atoms with Crippen LogP contribution in [0.5, 0.6) is 0 Å². The molecule has 2 fully saturated rings. The van der Waals surface area contributed by atoms with E-state index >= 15 is 0 Å². The first-order chi connectivity index (χ1) is 12.1. The fraction of sp³-hybridized carbons (Fsp3) is 0.526. The first-order valence-electron chi connectivity index (χ1n) is 9.14. The third-order valence-electron chi connectivity index (χ3n) is 5.47. The van der Waals surface area contributed by atoms with Crippen LogP contribution in [0.3, 0.4) is 0 Å². The van der Waals surface area contributed by atoms with Crippen molar-refractivity contribution in [2.24, 2.45) is 0 Å². The second-order valence-electron chi connectivity index (χ2n) is 7.13. The molecule has 4 rings (SSSR count). The molecule has 0 bridgehead atoms. The van der Waals surface area contributed by atoms with E-state index in [2.05, 4.69) is 4.98 Å². The van der Waals surface area contributed by atoms with Gasteiger partial charge in [0.15, 0.2) is 0 Å². The minimum absolute atomic E-state index is 0.00157. The number of aromatic amines is 1. The molecule has 1 aromatic heterocycles. The van der Waals surface area contributed by atoms with E-state index in [0.29, 0.717) is 13.1 Å². The highest BCUT2D eigenvalue weighted by Crippen LogP contribution is 2.28. The number of para-hydroxylation sites is 2. The lowest BCUT2D eigenvalue weighted by molar-refractivity contribution is -0.143. The van der Waals surface area contributed by atoms with Gasteiger partial charge in [-0.15, -0.1) is 0 Å². The molecule has 0 radical (unpaired) electrons. The van der Waals surface area contributed by atoms with Gasteiger partial charge < -0.3 is 14.8 Å². The van der Waals surface area contributed by atoms with Crippen molar-refractivity contribution >= 4 is 22.8 Å². The number of fused-ring (bicyclic) bond motifs is 1. The summed E-state index contributed by atoms with van der Waals surface area (Å²) in [6.45, 7) is 3.71. The molecule has 0 spiro atoms. The summed E-state index contributed by atoms with van der Waals surface area (Å²) in [5, 5.41) is 0. The fourth-order valence-corrected chi connectivity index (χ4v) is 4.18. The van der Waals surface area contributed by atoms with Crippen molar-refractivity contribution in [3.05, 3.63) is 30.1 Å². The molecule has 2 saturated heterocycles. The van der Waals surface area contributed by atoms with E-state index in [4.69, 9.17) is 4.98 Å². The summed E-state index contributed by atoms with van der Waals surface area (Å²) < 4.78 is 0. The van der Waals surface area contributed by atoms with Gasteiger partial charge in [0.05, 0.1) is 11.0 Å². The lowest BCUT2D eigenvalue weighted by atomic mass is 9.96. The summed E-state index contributed by atoms with van der Waals surface area (Å²) in [4.78, 5) is 36.5. The number of rotatable bonds is 2. The SMILES string of the molecule is CC(=O)N1CCCC1C(=O)N1CCCC(c2nc3ccccc3[nH]2)C1. The van der Waals surface area contributed by atoms with Gasteiger partial charge >= 0.3 is 0 Å². The smallest absolute Gasteiger partial charge is 0.245 e. The maximum Gasteiger partial charge on any atom is 0.245 e. The number of piperidine rings is 1. The number of benzene rings is 1. The van der Waals surface area contributed by atoms with Crippen LogP contribution in [0, 0.1) is 0 Å². The summed E-state index contributed by atoms with van der Waals surface area (Å²) in [6.07, 6.45) is 3.70. The monoisotopic (exact) mass is 340 g/mol. The fourth-order valence-electron chi connectivity index (χ4n) is 4.18.